The molecule has 2 fully saturated rings. The summed E-state index contributed by atoms with van der Waals surface area (Å²) in [6.45, 7) is 7.88. The van der Waals surface area contributed by atoms with Gasteiger partial charge in [0.1, 0.15) is 0 Å². The number of hydrogen-bond acceptors (Lipinski definition) is 4. The number of rotatable bonds is 4. The Balaban J connectivity index is 1.59. The zero-order chi connectivity index (χ0) is 14.0. The van der Waals surface area contributed by atoms with Crippen molar-refractivity contribution < 1.29 is 5.11 Å². The summed E-state index contributed by atoms with van der Waals surface area (Å²) in [6.07, 6.45) is 6.33. The number of hydrogen-bond donors (Lipinski definition) is 2. The molecule has 2 N–H and O–H groups in total. The lowest BCUT2D eigenvalue weighted by Crippen LogP contribution is -2.53. The maximum atomic E-state index is 10.9. The lowest BCUT2D eigenvalue weighted by Gasteiger charge is -2.41. The summed E-state index contributed by atoms with van der Waals surface area (Å²) in [5.41, 5.74) is 1.71. The number of piperidine rings is 1. The van der Waals surface area contributed by atoms with Gasteiger partial charge >= 0.3 is 0 Å². The highest BCUT2D eigenvalue weighted by Crippen LogP contribution is 2.25. The molecule has 5 heteroatoms. The van der Waals surface area contributed by atoms with Crippen LogP contribution in [-0.2, 0) is 6.54 Å². The fourth-order valence-corrected chi connectivity index (χ4v) is 3.59. The number of aryl methyl sites for hydroxylation is 1. The smallest absolute Gasteiger partial charge is 0.0925 e. The second-order valence-corrected chi connectivity index (χ2v) is 6.50. The number of β-amino-alcohol motifs (C(OH)–C–C–N with tert-alkyl or cyclic N) is 1. The number of aromatic nitrogens is 2. The van der Waals surface area contributed by atoms with Gasteiger partial charge in [-0.3, -0.25) is 4.90 Å². The number of nitrogens with zero attached hydrogens (tertiary/aromatic N) is 3. The first-order valence-corrected chi connectivity index (χ1v) is 7.81. The average Bonchev–Trinajstić information content (AvgIpc) is 3.02. The fraction of sp³-hybridized carbons (Fsp3) is 0.800. The molecule has 3 rings (SSSR count). The Morgan fingerprint density at radius 2 is 2.00 bits per heavy atom. The minimum absolute atomic E-state index is 0.535. The summed E-state index contributed by atoms with van der Waals surface area (Å²) in [5.74, 6) is 0. The van der Waals surface area contributed by atoms with Gasteiger partial charge in [-0.25, -0.2) is 4.98 Å². The third-order valence-electron chi connectivity index (χ3n) is 4.66. The first-order valence-electron chi connectivity index (χ1n) is 7.81. The highest BCUT2D eigenvalue weighted by Gasteiger charge is 2.35. The summed E-state index contributed by atoms with van der Waals surface area (Å²) in [4.78, 5) is 12.3. The van der Waals surface area contributed by atoms with Gasteiger partial charge in [-0.1, -0.05) is 0 Å². The predicted octanol–water partition coefficient (Wildman–Crippen LogP) is 1.14. The molecular formula is C15H26N4O. The van der Waals surface area contributed by atoms with Crippen LogP contribution in [0.3, 0.4) is 0 Å². The Bertz CT molecular complexity index is 441. The summed E-state index contributed by atoms with van der Waals surface area (Å²) >= 11 is 0. The highest BCUT2D eigenvalue weighted by atomic mass is 16.3. The number of likely N-dealkylation sites (tertiary alicyclic amines) is 2. The Morgan fingerprint density at radius 3 is 2.70 bits per heavy atom. The van der Waals surface area contributed by atoms with E-state index in [0.29, 0.717) is 0 Å². The Hall–Kier alpha value is -0.910. The van der Waals surface area contributed by atoms with E-state index in [-0.39, 0.29) is 0 Å². The quantitative estimate of drug-likeness (QED) is 0.867. The van der Waals surface area contributed by atoms with E-state index < -0.39 is 5.60 Å². The molecule has 112 valence electrons. The van der Waals surface area contributed by atoms with Crippen molar-refractivity contribution in [3.05, 3.63) is 17.7 Å². The van der Waals surface area contributed by atoms with E-state index in [1.54, 1.807) is 6.33 Å². The van der Waals surface area contributed by atoms with E-state index in [2.05, 4.69) is 26.7 Å². The molecule has 0 aromatic carbocycles. The molecule has 0 amide bonds. The van der Waals surface area contributed by atoms with Crippen LogP contribution in [0.4, 0.5) is 0 Å². The molecule has 1 unspecified atom stereocenters. The molecule has 2 aliphatic heterocycles. The molecule has 5 nitrogen and oxygen atoms in total. The van der Waals surface area contributed by atoms with Crippen molar-refractivity contribution in [2.45, 2.75) is 44.8 Å². The Morgan fingerprint density at radius 1 is 1.25 bits per heavy atom. The minimum Gasteiger partial charge on any atom is -0.387 e. The molecule has 0 saturated carbocycles. The van der Waals surface area contributed by atoms with Crippen molar-refractivity contribution in [3.8, 4) is 0 Å². The van der Waals surface area contributed by atoms with Crippen molar-refractivity contribution in [3.63, 3.8) is 0 Å². The van der Waals surface area contributed by atoms with Crippen LogP contribution in [0, 0.1) is 6.92 Å². The largest absolute Gasteiger partial charge is 0.387 e. The zero-order valence-corrected chi connectivity index (χ0v) is 12.4. The lowest BCUT2D eigenvalue weighted by atomic mass is 9.92. The first-order chi connectivity index (χ1) is 9.65. The molecule has 1 aromatic heterocycles. The number of H-pyrrole nitrogens is 1. The van der Waals surface area contributed by atoms with Crippen molar-refractivity contribution in [1.29, 1.82) is 0 Å². The van der Waals surface area contributed by atoms with E-state index in [1.807, 2.05) is 0 Å². The van der Waals surface area contributed by atoms with E-state index in [9.17, 15) is 5.11 Å². The van der Waals surface area contributed by atoms with Gasteiger partial charge in [0, 0.05) is 25.3 Å². The van der Waals surface area contributed by atoms with Crippen LogP contribution >= 0.6 is 0 Å². The maximum Gasteiger partial charge on any atom is 0.0925 e. The van der Waals surface area contributed by atoms with Crippen LogP contribution < -0.4 is 0 Å². The summed E-state index contributed by atoms with van der Waals surface area (Å²) in [6, 6.07) is 0. The van der Waals surface area contributed by atoms with Gasteiger partial charge in [-0.2, -0.15) is 0 Å². The van der Waals surface area contributed by atoms with E-state index in [0.717, 1.165) is 63.5 Å². The van der Waals surface area contributed by atoms with Crippen molar-refractivity contribution >= 4 is 0 Å². The molecular weight excluding hydrogens is 252 g/mol. The van der Waals surface area contributed by atoms with Gasteiger partial charge in [0.15, 0.2) is 0 Å². The van der Waals surface area contributed by atoms with Gasteiger partial charge in [-0.15, -0.1) is 0 Å². The minimum atomic E-state index is -0.535. The first kappa shape index (κ1) is 14.0. The Labute approximate surface area is 121 Å². The van der Waals surface area contributed by atoms with Crippen LogP contribution in [0.5, 0.6) is 0 Å². The summed E-state index contributed by atoms with van der Waals surface area (Å²) < 4.78 is 0. The monoisotopic (exact) mass is 278 g/mol. The van der Waals surface area contributed by atoms with Crippen molar-refractivity contribution in [2.75, 3.05) is 32.7 Å². The number of nitrogens with one attached hydrogen (secondary N) is 1. The molecule has 0 bridgehead atoms. The van der Waals surface area contributed by atoms with Crippen LogP contribution in [0.1, 0.15) is 37.1 Å². The SMILES string of the molecule is Cc1[nH]cnc1CN1CCCC(O)(CN2CCCC2)C1. The van der Waals surface area contributed by atoms with E-state index in [4.69, 9.17) is 0 Å². The van der Waals surface area contributed by atoms with Gasteiger partial charge in [0.25, 0.3) is 0 Å². The number of aromatic amines is 1. The van der Waals surface area contributed by atoms with E-state index >= 15 is 0 Å². The number of aliphatic hydroxyl groups is 1. The molecule has 2 saturated heterocycles. The molecule has 20 heavy (non-hydrogen) atoms. The molecule has 1 aromatic rings. The zero-order valence-electron chi connectivity index (χ0n) is 12.4. The fourth-order valence-electron chi connectivity index (χ4n) is 3.59. The number of imidazole rings is 1. The molecule has 3 heterocycles. The molecule has 0 aliphatic carbocycles. The van der Waals surface area contributed by atoms with E-state index in [1.165, 1.54) is 12.8 Å². The van der Waals surface area contributed by atoms with Crippen LogP contribution in [0.25, 0.3) is 0 Å². The second kappa shape index (κ2) is 5.84. The average molecular weight is 278 g/mol. The maximum absolute atomic E-state index is 10.9. The second-order valence-electron chi connectivity index (χ2n) is 6.50. The van der Waals surface area contributed by atoms with Gasteiger partial charge in [0.05, 0.1) is 17.6 Å². The molecule has 1 atom stereocenters. The third kappa shape index (κ3) is 3.22. The topological polar surface area (TPSA) is 55.4 Å². The summed E-state index contributed by atoms with van der Waals surface area (Å²) in [5, 5.41) is 10.9. The molecule has 0 spiro atoms. The lowest BCUT2D eigenvalue weighted by molar-refractivity contribution is -0.0521. The standard InChI is InChI=1S/C15H26N4O/c1-13-14(17-12-16-13)9-19-8-4-5-15(20,11-19)10-18-6-2-3-7-18/h12,20H,2-11H2,1H3,(H,16,17). The third-order valence-corrected chi connectivity index (χ3v) is 4.66. The van der Waals surface area contributed by atoms with Gasteiger partial charge in [0.2, 0.25) is 0 Å². The molecule has 2 aliphatic rings. The van der Waals surface area contributed by atoms with Crippen LogP contribution in [0.2, 0.25) is 0 Å². The van der Waals surface area contributed by atoms with Crippen LogP contribution in [-0.4, -0.2) is 63.2 Å². The summed E-state index contributed by atoms with van der Waals surface area (Å²) in [7, 11) is 0. The van der Waals surface area contributed by atoms with Crippen LogP contribution in [0.15, 0.2) is 6.33 Å². The predicted molar refractivity (Wildman–Crippen MR) is 78.5 cm³/mol. The van der Waals surface area contributed by atoms with Gasteiger partial charge in [-0.05, 0) is 52.2 Å². The highest BCUT2D eigenvalue weighted by molar-refractivity contribution is 5.09. The van der Waals surface area contributed by atoms with Gasteiger partial charge < -0.3 is 15.0 Å². The Kier molecular flexibility index (Phi) is 4.10. The molecule has 0 radical (unpaired) electrons. The van der Waals surface area contributed by atoms with Crippen molar-refractivity contribution in [2.24, 2.45) is 0 Å². The van der Waals surface area contributed by atoms with Crippen molar-refractivity contribution in [1.82, 2.24) is 19.8 Å². The normalized spacial score (nSPS) is 29.1.